The Morgan fingerprint density at radius 1 is 1.47 bits per heavy atom. The largest absolute Gasteiger partial charge is 0.480 e. The number of hydrogen-bond acceptors (Lipinski definition) is 3. The highest BCUT2D eigenvalue weighted by atomic mass is 32.2. The zero-order valence-electron chi connectivity index (χ0n) is 10.7. The van der Waals surface area contributed by atoms with Crippen LogP contribution in [0.2, 0.25) is 0 Å². The van der Waals surface area contributed by atoms with Gasteiger partial charge in [0.1, 0.15) is 11.4 Å². The Kier molecular flexibility index (Phi) is 4.65. The van der Waals surface area contributed by atoms with Crippen molar-refractivity contribution in [3.8, 4) is 0 Å². The first kappa shape index (κ1) is 15.6. The summed E-state index contributed by atoms with van der Waals surface area (Å²) in [5.74, 6) is -1.97. The lowest BCUT2D eigenvalue weighted by Crippen LogP contribution is -2.51. The van der Waals surface area contributed by atoms with E-state index in [1.54, 1.807) is 6.92 Å². The quantitative estimate of drug-likeness (QED) is 0.835. The van der Waals surface area contributed by atoms with E-state index in [0.29, 0.717) is 6.42 Å². The van der Waals surface area contributed by atoms with Crippen LogP contribution in [-0.2, 0) is 14.8 Å². The molecule has 5 nitrogen and oxygen atoms in total. The first-order chi connectivity index (χ1) is 8.71. The van der Waals surface area contributed by atoms with Crippen molar-refractivity contribution in [3.63, 3.8) is 0 Å². The molecule has 19 heavy (non-hydrogen) atoms. The van der Waals surface area contributed by atoms with Crippen LogP contribution < -0.4 is 4.72 Å². The molecule has 0 bridgehead atoms. The van der Waals surface area contributed by atoms with Crippen molar-refractivity contribution < 1.29 is 22.7 Å². The van der Waals surface area contributed by atoms with Gasteiger partial charge in [-0.1, -0.05) is 19.4 Å². The van der Waals surface area contributed by atoms with E-state index in [2.05, 4.69) is 4.72 Å². The van der Waals surface area contributed by atoms with Crippen LogP contribution in [0.15, 0.2) is 29.2 Å². The molecule has 0 aromatic heterocycles. The van der Waals surface area contributed by atoms with E-state index >= 15 is 0 Å². The number of halogens is 1. The average molecular weight is 289 g/mol. The van der Waals surface area contributed by atoms with Crippen LogP contribution in [0.25, 0.3) is 0 Å². The molecule has 2 N–H and O–H groups in total. The summed E-state index contributed by atoms with van der Waals surface area (Å²) < 4.78 is 39.2. The van der Waals surface area contributed by atoms with E-state index in [1.807, 2.05) is 0 Å². The zero-order valence-corrected chi connectivity index (χ0v) is 11.5. The fourth-order valence-corrected chi connectivity index (χ4v) is 3.12. The van der Waals surface area contributed by atoms with Crippen LogP contribution in [0.4, 0.5) is 4.39 Å². The zero-order chi connectivity index (χ0) is 14.7. The van der Waals surface area contributed by atoms with Gasteiger partial charge in [0.2, 0.25) is 10.0 Å². The van der Waals surface area contributed by atoms with Crippen LogP contribution in [0.1, 0.15) is 26.7 Å². The number of rotatable bonds is 6. The van der Waals surface area contributed by atoms with Crippen LogP contribution in [-0.4, -0.2) is 25.0 Å². The highest BCUT2D eigenvalue weighted by Crippen LogP contribution is 2.18. The van der Waals surface area contributed by atoms with Gasteiger partial charge in [-0.2, -0.15) is 4.72 Å². The van der Waals surface area contributed by atoms with Crippen LogP contribution >= 0.6 is 0 Å². The maximum absolute atomic E-state index is 13.0. The normalized spacial score (nSPS) is 14.9. The lowest BCUT2D eigenvalue weighted by Gasteiger charge is -2.25. The maximum atomic E-state index is 13.0. The summed E-state index contributed by atoms with van der Waals surface area (Å²) in [6.07, 6.45) is 0.630. The summed E-state index contributed by atoms with van der Waals surface area (Å²) in [6, 6.07) is 4.42. The maximum Gasteiger partial charge on any atom is 0.324 e. The molecule has 0 aliphatic rings. The van der Waals surface area contributed by atoms with Gasteiger partial charge in [-0.3, -0.25) is 4.79 Å². The molecule has 0 spiro atoms. The second-order valence-electron chi connectivity index (χ2n) is 4.45. The monoisotopic (exact) mass is 289 g/mol. The van der Waals surface area contributed by atoms with E-state index in [1.165, 1.54) is 19.1 Å². The summed E-state index contributed by atoms with van der Waals surface area (Å²) in [6.45, 7) is 3.04. The van der Waals surface area contributed by atoms with E-state index < -0.39 is 27.3 Å². The number of aliphatic carboxylic acids is 1. The van der Waals surface area contributed by atoms with Gasteiger partial charge in [-0.15, -0.1) is 0 Å². The number of benzene rings is 1. The predicted molar refractivity (Wildman–Crippen MR) is 67.7 cm³/mol. The van der Waals surface area contributed by atoms with Crippen LogP contribution in [0, 0.1) is 5.82 Å². The molecule has 1 aromatic rings. The molecule has 1 atom stereocenters. The number of hydrogen-bond donors (Lipinski definition) is 2. The molecule has 0 aliphatic carbocycles. The van der Waals surface area contributed by atoms with E-state index in [4.69, 9.17) is 5.11 Å². The minimum absolute atomic E-state index is 0.136. The smallest absolute Gasteiger partial charge is 0.324 e. The van der Waals surface area contributed by atoms with Gasteiger partial charge in [0.15, 0.2) is 0 Å². The molecule has 1 unspecified atom stereocenters. The van der Waals surface area contributed by atoms with Gasteiger partial charge in [0.25, 0.3) is 0 Å². The van der Waals surface area contributed by atoms with Crippen molar-refractivity contribution in [2.75, 3.05) is 0 Å². The Morgan fingerprint density at radius 3 is 2.58 bits per heavy atom. The first-order valence-electron chi connectivity index (χ1n) is 5.74. The second kappa shape index (κ2) is 5.66. The molecule has 0 saturated carbocycles. The van der Waals surface area contributed by atoms with E-state index in [0.717, 1.165) is 12.1 Å². The van der Waals surface area contributed by atoms with Crippen molar-refractivity contribution in [2.24, 2.45) is 0 Å². The molecule has 0 radical (unpaired) electrons. The highest BCUT2D eigenvalue weighted by Gasteiger charge is 2.37. The third-order valence-electron chi connectivity index (χ3n) is 2.69. The van der Waals surface area contributed by atoms with E-state index in [9.17, 15) is 17.6 Å². The molecule has 0 fully saturated rings. The number of carboxylic acid groups (broad SMARTS) is 1. The average Bonchev–Trinajstić information content (AvgIpc) is 2.28. The molecule has 106 valence electrons. The SMILES string of the molecule is CCCC(C)(NS(=O)(=O)c1cccc(F)c1)C(=O)O. The Morgan fingerprint density at radius 2 is 2.11 bits per heavy atom. The summed E-state index contributed by atoms with van der Waals surface area (Å²) in [4.78, 5) is 10.9. The lowest BCUT2D eigenvalue weighted by molar-refractivity contribution is -0.143. The Bertz CT molecular complexity index is 573. The second-order valence-corrected chi connectivity index (χ2v) is 6.13. The molecule has 0 saturated heterocycles. The van der Waals surface area contributed by atoms with Crippen molar-refractivity contribution in [2.45, 2.75) is 37.1 Å². The highest BCUT2D eigenvalue weighted by molar-refractivity contribution is 7.89. The van der Waals surface area contributed by atoms with Gasteiger partial charge < -0.3 is 5.11 Å². The van der Waals surface area contributed by atoms with Crippen molar-refractivity contribution >= 4 is 16.0 Å². The minimum atomic E-state index is -4.08. The predicted octanol–water partition coefficient (Wildman–Crippen LogP) is 1.75. The number of carboxylic acids is 1. The first-order valence-corrected chi connectivity index (χ1v) is 7.22. The molecule has 0 heterocycles. The van der Waals surface area contributed by atoms with Crippen molar-refractivity contribution in [1.29, 1.82) is 0 Å². The van der Waals surface area contributed by atoms with Gasteiger partial charge in [-0.05, 0) is 31.5 Å². The van der Waals surface area contributed by atoms with Gasteiger partial charge >= 0.3 is 5.97 Å². The van der Waals surface area contributed by atoms with Crippen molar-refractivity contribution in [1.82, 2.24) is 4.72 Å². The van der Waals surface area contributed by atoms with Gasteiger partial charge in [-0.25, -0.2) is 12.8 Å². The number of sulfonamides is 1. The lowest BCUT2D eigenvalue weighted by atomic mass is 9.98. The third kappa shape index (κ3) is 3.74. The molecule has 0 amide bonds. The molecular formula is C12H16FNO4S. The Labute approximate surface area is 111 Å². The Balaban J connectivity index is 3.11. The van der Waals surface area contributed by atoms with Crippen LogP contribution in [0.3, 0.4) is 0 Å². The number of carbonyl (C=O) groups is 1. The number of nitrogens with one attached hydrogen (secondary N) is 1. The van der Waals surface area contributed by atoms with Crippen molar-refractivity contribution in [3.05, 3.63) is 30.1 Å². The minimum Gasteiger partial charge on any atom is -0.480 e. The standard InChI is InChI=1S/C12H16FNO4S/c1-3-7-12(2,11(15)16)14-19(17,18)10-6-4-5-9(13)8-10/h4-6,8,14H,3,7H2,1-2H3,(H,15,16). The topological polar surface area (TPSA) is 83.5 Å². The fraction of sp³-hybridized carbons (Fsp3) is 0.417. The third-order valence-corrected chi connectivity index (χ3v) is 4.28. The molecule has 1 aromatic carbocycles. The molecule has 1 rings (SSSR count). The van der Waals surface area contributed by atoms with Gasteiger partial charge in [0.05, 0.1) is 4.90 Å². The fourth-order valence-electron chi connectivity index (χ4n) is 1.69. The molecule has 0 aliphatic heterocycles. The van der Waals surface area contributed by atoms with E-state index in [-0.39, 0.29) is 11.3 Å². The Hall–Kier alpha value is -1.47. The van der Waals surface area contributed by atoms with Gasteiger partial charge in [0, 0.05) is 0 Å². The summed E-state index contributed by atoms with van der Waals surface area (Å²) >= 11 is 0. The van der Waals surface area contributed by atoms with Crippen LogP contribution in [0.5, 0.6) is 0 Å². The molecular weight excluding hydrogens is 273 g/mol. The summed E-state index contributed by atoms with van der Waals surface area (Å²) in [7, 11) is -4.08. The molecule has 7 heteroatoms. The summed E-state index contributed by atoms with van der Waals surface area (Å²) in [5.41, 5.74) is -1.61. The summed E-state index contributed by atoms with van der Waals surface area (Å²) in [5, 5.41) is 9.13.